The van der Waals surface area contributed by atoms with Gasteiger partial charge >= 0.3 is 0 Å². The van der Waals surface area contributed by atoms with Gasteiger partial charge in [-0.1, -0.05) is 13.8 Å². The molecule has 6 heteroatoms. The van der Waals surface area contributed by atoms with Crippen LogP contribution >= 0.6 is 12.4 Å². The van der Waals surface area contributed by atoms with Gasteiger partial charge in [0.15, 0.2) is 0 Å². The van der Waals surface area contributed by atoms with E-state index in [0.29, 0.717) is 31.7 Å². The van der Waals surface area contributed by atoms with Crippen molar-refractivity contribution in [3.05, 3.63) is 30.1 Å². The molecule has 0 saturated heterocycles. The lowest BCUT2D eigenvalue weighted by atomic mass is 9.88. The average molecular weight is 333 g/mol. The molecule has 1 rings (SSSR count). The maximum atomic E-state index is 12.7. The Bertz CT molecular complexity index is 454. The van der Waals surface area contributed by atoms with Crippen molar-refractivity contribution in [1.29, 1.82) is 0 Å². The van der Waals surface area contributed by atoms with Gasteiger partial charge in [-0.15, -0.1) is 12.4 Å². The van der Waals surface area contributed by atoms with E-state index in [-0.39, 0.29) is 35.6 Å². The van der Waals surface area contributed by atoms with Crippen LogP contribution in [0.2, 0.25) is 0 Å². The number of nitrogens with two attached hydrogens (primary N) is 1. The molecule has 0 bridgehead atoms. The molecule has 1 aromatic rings. The molecule has 0 saturated carbocycles. The Morgan fingerprint density at radius 1 is 1.36 bits per heavy atom. The van der Waals surface area contributed by atoms with Crippen LogP contribution in [-0.4, -0.2) is 24.6 Å². The summed E-state index contributed by atoms with van der Waals surface area (Å²) in [4.78, 5) is 11.9. The molecule has 126 valence electrons. The minimum atomic E-state index is -0.380. The summed E-state index contributed by atoms with van der Waals surface area (Å²) in [7, 11) is 0. The van der Waals surface area contributed by atoms with Crippen LogP contribution in [0.25, 0.3) is 0 Å². The number of halogens is 2. The fraction of sp³-hybridized carbons (Fsp3) is 0.562. The van der Waals surface area contributed by atoms with Gasteiger partial charge in [0, 0.05) is 13.0 Å². The molecule has 1 unspecified atom stereocenters. The van der Waals surface area contributed by atoms with Gasteiger partial charge in [0.05, 0.1) is 12.1 Å². The molecule has 0 spiro atoms. The minimum absolute atomic E-state index is 0. The van der Waals surface area contributed by atoms with Gasteiger partial charge in [-0.2, -0.15) is 0 Å². The number of carbonyl (C=O) groups is 1. The molecule has 0 aliphatic carbocycles. The lowest BCUT2D eigenvalue weighted by molar-refractivity contribution is -0.123. The van der Waals surface area contributed by atoms with E-state index in [2.05, 4.69) is 5.32 Å². The SMILES string of the molecule is CC(C)C(C)(CN)NC(=O)CCCOc1ccc(F)cc1.Cl. The third-order valence-corrected chi connectivity index (χ3v) is 3.75. The van der Waals surface area contributed by atoms with Gasteiger partial charge in [0.25, 0.3) is 0 Å². The van der Waals surface area contributed by atoms with Gasteiger partial charge in [-0.3, -0.25) is 4.79 Å². The summed E-state index contributed by atoms with van der Waals surface area (Å²) >= 11 is 0. The van der Waals surface area contributed by atoms with E-state index in [1.54, 1.807) is 12.1 Å². The number of nitrogens with one attached hydrogen (secondary N) is 1. The van der Waals surface area contributed by atoms with Crippen LogP contribution in [0.5, 0.6) is 5.75 Å². The zero-order chi connectivity index (χ0) is 15.9. The van der Waals surface area contributed by atoms with Crippen LogP contribution in [0.4, 0.5) is 4.39 Å². The van der Waals surface area contributed by atoms with Crippen LogP contribution in [0.1, 0.15) is 33.6 Å². The van der Waals surface area contributed by atoms with Crippen LogP contribution < -0.4 is 15.8 Å². The van der Waals surface area contributed by atoms with Gasteiger partial charge in [-0.25, -0.2) is 4.39 Å². The Hall–Kier alpha value is -1.33. The smallest absolute Gasteiger partial charge is 0.220 e. The molecule has 0 heterocycles. The number of amides is 1. The molecule has 22 heavy (non-hydrogen) atoms. The van der Waals surface area contributed by atoms with Gasteiger partial charge in [-0.05, 0) is 43.5 Å². The fourth-order valence-corrected chi connectivity index (χ4v) is 1.77. The molecular weight excluding hydrogens is 307 g/mol. The van der Waals surface area contributed by atoms with E-state index in [1.807, 2.05) is 20.8 Å². The Morgan fingerprint density at radius 3 is 2.45 bits per heavy atom. The largest absolute Gasteiger partial charge is 0.494 e. The highest BCUT2D eigenvalue weighted by Gasteiger charge is 2.28. The summed E-state index contributed by atoms with van der Waals surface area (Å²) in [6, 6.07) is 5.83. The topological polar surface area (TPSA) is 64.3 Å². The van der Waals surface area contributed by atoms with Crippen LogP contribution in [0.15, 0.2) is 24.3 Å². The lowest BCUT2D eigenvalue weighted by Gasteiger charge is -2.33. The fourth-order valence-electron chi connectivity index (χ4n) is 1.77. The molecule has 0 radical (unpaired) electrons. The highest BCUT2D eigenvalue weighted by atomic mass is 35.5. The summed E-state index contributed by atoms with van der Waals surface area (Å²) in [5.41, 5.74) is 5.35. The second-order valence-corrected chi connectivity index (χ2v) is 5.73. The van der Waals surface area contributed by atoms with Gasteiger partial charge < -0.3 is 15.8 Å². The van der Waals surface area contributed by atoms with Crippen molar-refractivity contribution >= 4 is 18.3 Å². The Morgan fingerprint density at radius 2 is 1.95 bits per heavy atom. The number of ether oxygens (including phenoxy) is 1. The van der Waals surface area contributed by atoms with Crippen molar-refractivity contribution < 1.29 is 13.9 Å². The third kappa shape index (κ3) is 6.62. The minimum Gasteiger partial charge on any atom is -0.494 e. The summed E-state index contributed by atoms with van der Waals surface area (Å²) in [6.45, 7) is 6.84. The van der Waals surface area contributed by atoms with Crippen LogP contribution in [-0.2, 0) is 4.79 Å². The molecule has 4 nitrogen and oxygen atoms in total. The lowest BCUT2D eigenvalue weighted by Crippen LogP contribution is -2.55. The van der Waals surface area contributed by atoms with E-state index in [1.165, 1.54) is 12.1 Å². The number of hydrogen-bond donors (Lipinski definition) is 2. The molecular formula is C16H26ClFN2O2. The second-order valence-electron chi connectivity index (χ2n) is 5.73. The highest BCUT2D eigenvalue weighted by molar-refractivity contribution is 5.85. The van der Waals surface area contributed by atoms with Gasteiger partial charge in [0.1, 0.15) is 11.6 Å². The van der Waals surface area contributed by atoms with Crippen molar-refractivity contribution in [2.75, 3.05) is 13.2 Å². The zero-order valence-electron chi connectivity index (χ0n) is 13.4. The quantitative estimate of drug-likeness (QED) is 0.719. The molecule has 1 amide bonds. The Balaban J connectivity index is 0.00000441. The van der Waals surface area contributed by atoms with E-state index in [0.717, 1.165) is 0 Å². The van der Waals surface area contributed by atoms with Crippen molar-refractivity contribution in [2.24, 2.45) is 11.7 Å². The first-order valence-electron chi connectivity index (χ1n) is 7.27. The summed E-state index contributed by atoms with van der Waals surface area (Å²) < 4.78 is 18.2. The van der Waals surface area contributed by atoms with Gasteiger partial charge in [0.2, 0.25) is 5.91 Å². The highest BCUT2D eigenvalue weighted by Crippen LogP contribution is 2.15. The predicted octanol–water partition coefficient (Wildman–Crippen LogP) is 2.90. The number of hydrogen-bond acceptors (Lipinski definition) is 3. The molecule has 3 N–H and O–H groups in total. The molecule has 0 aliphatic heterocycles. The first-order chi connectivity index (χ1) is 9.87. The first kappa shape index (κ1) is 20.7. The van der Waals surface area contributed by atoms with Crippen molar-refractivity contribution in [3.63, 3.8) is 0 Å². The van der Waals surface area contributed by atoms with Crippen molar-refractivity contribution in [2.45, 2.75) is 39.2 Å². The first-order valence-corrected chi connectivity index (χ1v) is 7.27. The number of carbonyl (C=O) groups excluding carboxylic acids is 1. The summed E-state index contributed by atoms with van der Waals surface area (Å²) in [5.74, 6) is 0.545. The van der Waals surface area contributed by atoms with Crippen molar-refractivity contribution in [3.8, 4) is 5.75 Å². The third-order valence-electron chi connectivity index (χ3n) is 3.75. The Labute approximate surface area is 138 Å². The molecule has 0 aromatic heterocycles. The van der Waals surface area contributed by atoms with E-state index >= 15 is 0 Å². The predicted molar refractivity (Wildman–Crippen MR) is 88.8 cm³/mol. The monoisotopic (exact) mass is 332 g/mol. The second kappa shape index (κ2) is 9.64. The maximum absolute atomic E-state index is 12.7. The number of benzene rings is 1. The van der Waals surface area contributed by atoms with E-state index < -0.39 is 0 Å². The maximum Gasteiger partial charge on any atom is 0.220 e. The molecule has 1 aromatic carbocycles. The average Bonchev–Trinajstić information content (AvgIpc) is 2.45. The van der Waals surface area contributed by atoms with Crippen molar-refractivity contribution in [1.82, 2.24) is 5.32 Å². The normalized spacial score (nSPS) is 13.2. The Kier molecular flexibility index (Phi) is 9.06. The standard InChI is InChI=1S/C16H25FN2O2.ClH/c1-12(2)16(3,11-18)19-15(20)5-4-10-21-14-8-6-13(17)7-9-14;/h6-9,12H,4-5,10-11,18H2,1-3H3,(H,19,20);1H. The molecule has 0 aliphatic rings. The van der Waals surface area contributed by atoms with Crippen LogP contribution in [0.3, 0.4) is 0 Å². The van der Waals surface area contributed by atoms with E-state index in [9.17, 15) is 9.18 Å². The van der Waals surface area contributed by atoms with E-state index in [4.69, 9.17) is 10.5 Å². The molecule has 0 fully saturated rings. The zero-order valence-corrected chi connectivity index (χ0v) is 14.2. The molecule has 1 atom stereocenters. The number of rotatable bonds is 8. The summed E-state index contributed by atoms with van der Waals surface area (Å²) in [5, 5.41) is 2.98. The van der Waals surface area contributed by atoms with Crippen LogP contribution in [0, 0.1) is 11.7 Å². The summed E-state index contributed by atoms with van der Waals surface area (Å²) in [6.07, 6.45) is 0.978.